The fraction of sp³-hybridized carbons (Fsp3) is 0.711. The van der Waals surface area contributed by atoms with Crippen LogP contribution < -0.4 is 14.6 Å². The third-order valence-electron chi connectivity index (χ3n) is 12.3. The average Bonchev–Trinajstić information content (AvgIpc) is 4.11. The maximum Gasteiger partial charge on any atom is 0.514 e. The molecule has 354 valence electrons. The molecule has 12 atom stereocenters. The predicted octanol–water partition coefficient (Wildman–Crippen LogP) is 5.06. The van der Waals surface area contributed by atoms with Crippen LogP contribution in [-0.4, -0.2) is 137 Å². The van der Waals surface area contributed by atoms with Crippen molar-refractivity contribution in [2.24, 2.45) is 23.7 Å². The summed E-state index contributed by atoms with van der Waals surface area (Å²) in [6.07, 6.45) is 8.93. The predicted molar refractivity (Wildman–Crippen MR) is 237 cm³/mol. The molecule has 4 aliphatic heterocycles. The van der Waals surface area contributed by atoms with E-state index in [0.717, 1.165) is 25.9 Å². The van der Waals surface area contributed by atoms with Gasteiger partial charge >= 0.3 is 12.2 Å². The minimum Gasteiger partial charge on any atom is -0.428 e. The molecule has 6 aliphatic rings. The number of carbonyl (C=O) groups is 2. The molecule has 2 N–H and O–H groups in total. The molecule has 2 spiro atoms. The van der Waals surface area contributed by atoms with Crippen molar-refractivity contribution < 1.29 is 67.0 Å². The Morgan fingerprint density at radius 3 is 1.60 bits per heavy atom. The molecule has 1 aromatic rings. The maximum absolute atomic E-state index is 12.4. The number of carbonyl (C=O) groups excluding carboxylic acids is 2. The largest absolute Gasteiger partial charge is 0.514 e. The minimum atomic E-state index is -0.879. The Labute approximate surface area is 382 Å². The lowest BCUT2D eigenvalue weighted by molar-refractivity contribution is -0.779. The molecule has 18 heteroatoms. The highest BCUT2D eigenvalue weighted by Crippen LogP contribution is 2.60. The lowest BCUT2D eigenvalue weighted by atomic mass is 9.68. The molecule has 6 fully saturated rings. The van der Waals surface area contributed by atoms with Crippen LogP contribution in [0.5, 0.6) is 5.75 Å². The number of nitrogens with zero attached hydrogens (tertiary/aromatic N) is 1. The number of amides is 1. The lowest BCUT2D eigenvalue weighted by Gasteiger charge is -2.42. The number of hydrogen-bond donors (Lipinski definition) is 2. The van der Waals surface area contributed by atoms with Gasteiger partial charge in [0, 0.05) is 26.4 Å². The SMILES string of the molecule is C=[NH+]C.CO[C@H]1C([C@]2(C)O[C@@H]2/C=C/C(C)C)[C@]2(CC[C@H]1OC(=O)Oc1ccc([N+](=O)[O-])cc1)CO2.CO[C@H]1C([C@]2(C)O[C@@H]2/C=C/C(C)C)[C@]2(CC[C@H]1OC(=O)[NH+](C)C)CO2.ClCCl. The van der Waals surface area contributed by atoms with Crippen LogP contribution in [0.1, 0.15) is 67.2 Å². The third kappa shape index (κ3) is 13.0. The van der Waals surface area contributed by atoms with Crippen LogP contribution in [0.3, 0.4) is 0 Å². The molecule has 2 saturated carbocycles. The number of allylic oxidation sites excluding steroid dienone is 2. The number of hydrogen-bond acceptors (Lipinski definition) is 13. The van der Waals surface area contributed by atoms with Crippen molar-refractivity contribution in [1.29, 1.82) is 0 Å². The summed E-state index contributed by atoms with van der Waals surface area (Å²) in [5.74, 6) is 1.02. The number of benzene rings is 1. The molecule has 2 aliphatic carbocycles. The number of methoxy groups -OCH3 is 2. The van der Waals surface area contributed by atoms with E-state index in [9.17, 15) is 19.7 Å². The highest BCUT2D eigenvalue weighted by molar-refractivity contribution is 6.40. The van der Waals surface area contributed by atoms with Crippen LogP contribution >= 0.6 is 23.2 Å². The summed E-state index contributed by atoms with van der Waals surface area (Å²) >= 11 is 9.53. The molecule has 1 amide bonds. The number of rotatable bonds is 12. The normalized spacial score (nSPS) is 35.8. The molecule has 16 nitrogen and oxygen atoms in total. The van der Waals surface area contributed by atoms with Crippen LogP contribution in [0.2, 0.25) is 0 Å². The van der Waals surface area contributed by atoms with Gasteiger partial charge < -0.3 is 42.6 Å². The maximum atomic E-state index is 12.4. The number of halogens is 2. The Morgan fingerprint density at radius 2 is 1.27 bits per heavy atom. The Bertz CT molecular complexity index is 1760. The lowest BCUT2D eigenvalue weighted by Crippen LogP contribution is -3.08. The van der Waals surface area contributed by atoms with E-state index in [1.807, 2.05) is 0 Å². The van der Waals surface area contributed by atoms with E-state index in [0.29, 0.717) is 29.8 Å². The van der Waals surface area contributed by atoms with Gasteiger partial charge in [0.1, 0.15) is 78.5 Å². The molecule has 1 aromatic carbocycles. The van der Waals surface area contributed by atoms with E-state index in [1.165, 1.54) is 24.3 Å². The number of alkyl carbamates (subject to hydrolysis) is 2. The molecular weight excluding hydrogens is 861 g/mol. The van der Waals surface area contributed by atoms with Crippen molar-refractivity contribution >= 4 is 47.9 Å². The van der Waals surface area contributed by atoms with Gasteiger partial charge in [-0.25, -0.2) is 9.69 Å². The quantitative estimate of drug-likeness (QED) is 0.0414. The van der Waals surface area contributed by atoms with Crippen LogP contribution in [0.25, 0.3) is 0 Å². The fourth-order valence-corrected chi connectivity index (χ4v) is 9.02. The summed E-state index contributed by atoms with van der Waals surface area (Å²) in [6.45, 7) is 17.3. The van der Waals surface area contributed by atoms with Crippen LogP contribution in [0.15, 0.2) is 48.6 Å². The van der Waals surface area contributed by atoms with E-state index in [-0.39, 0.29) is 75.9 Å². The zero-order chi connectivity index (χ0) is 46.9. The van der Waals surface area contributed by atoms with Crippen molar-refractivity contribution in [2.45, 2.75) is 126 Å². The summed E-state index contributed by atoms with van der Waals surface area (Å²) in [6, 6.07) is 5.24. The highest BCUT2D eigenvalue weighted by atomic mass is 35.5. The zero-order valence-corrected chi connectivity index (χ0v) is 40.1. The second-order valence-corrected chi connectivity index (χ2v) is 18.8. The standard InChI is InChI=1S/C23H29NO8.C19H31NO5.C2H5N.CH2Cl2/c1-14(2)5-10-18-22(3,32-18)20-19(28-4)17(11-12-23(20)13-29-23)31-21(25)30-16-8-6-15(7-9-16)24(26)27;1-12(2)7-8-14-18(3,25-14)16-15(22-6)13(24-17(21)20(4)5)9-10-19(16)11-23-19;1-3-2;2-1-3/h5-10,14,17-20H,11-13H2,1-4H3;7-8,12-16H,9-11H2,1-6H3;1H2,2H3;1H2/p+2/b10-5+;8-7+;;/t17-,18-,19-,20?,22-,23+;13-,14-,15-,16?,18-,19+;;/m11../s1. The summed E-state index contributed by atoms with van der Waals surface area (Å²) in [7, 11) is 8.59. The second kappa shape index (κ2) is 22.3. The Morgan fingerprint density at radius 1 is 0.873 bits per heavy atom. The van der Waals surface area contributed by atoms with Gasteiger partial charge in [-0.15, -0.1) is 23.2 Å². The summed E-state index contributed by atoms with van der Waals surface area (Å²) < 4.78 is 52.3. The number of non-ortho nitro benzene ring substituents is 1. The summed E-state index contributed by atoms with van der Waals surface area (Å²) in [5, 5.41) is 11.0. The van der Waals surface area contributed by atoms with Crippen molar-refractivity contribution in [1.82, 2.24) is 0 Å². The first kappa shape index (κ1) is 52.4. The van der Waals surface area contributed by atoms with Crippen molar-refractivity contribution in [3.63, 3.8) is 0 Å². The Hall–Kier alpha value is -3.19. The Balaban J connectivity index is 0.000000252. The number of ether oxygens (including phenoxy) is 9. The number of nitrogens with one attached hydrogen (secondary N) is 2. The van der Waals surface area contributed by atoms with E-state index < -0.39 is 28.9 Å². The van der Waals surface area contributed by atoms with Crippen molar-refractivity contribution in [3.05, 3.63) is 58.7 Å². The molecule has 4 saturated heterocycles. The molecule has 4 heterocycles. The van der Waals surface area contributed by atoms with Gasteiger partial charge in [0.05, 0.1) is 49.4 Å². The van der Waals surface area contributed by atoms with E-state index >= 15 is 0 Å². The minimum absolute atomic E-state index is 0.0422. The smallest absolute Gasteiger partial charge is 0.428 e. The van der Waals surface area contributed by atoms with Crippen LogP contribution in [0, 0.1) is 33.8 Å². The van der Waals surface area contributed by atoms with Gasteiger partial charge in [-0.1, -0.05) is 52.0 Å². The molecule has 0 radical (unpaired) electrons. The molecule has 2 unspecified atom stereocenters. The van der Waals surface area contributed by atoms with Crippen LogP contribution in [-0.2, 0) is 37.9 Å². The molecule has 63 heavy (non-hydrogen) atoms. The summed E-state index contributed by atoms with van der Waals surface area (Å²) in [5.41, 5.74) is -1.40. The molecule has 0 aromatic heterocycles. The second-order valence-electron chi connectivity index (χ2n) is 18.0. The monoisotopic (exact) mass is 929 g/mol. The number of nitro benzene ring substituents is 1. The van der Waals surface area contributed by atoms with Gasteiger partial charge in [0.15, 0.2) is 0 Å². The van der Waals surface area contributed by atoms with Gasteiger partial charge in [-0.05, 0) is 63.5 Å². The van der Waals surface area contributed by atoms with E-state index in [1.54, 1.807) is 35.4 Å². The molecule has 7 rings (SSSR count). The zero-order valence-electron chi connectivity index (χ0n) is 38.6. The molecular formula is C45H69Cl2N3O13+2. The average molecular weight is 931 g/mol. The van der Waals surface area contributed by atoms with Crippen molar-refractivity contribution in [3.8, 4) is 5.75 Å². The first-order valence-corrected chi connectivity index (χ1v) is 22.6. The number of epoxide rings is 4. The first-order valence-electron chi connectivity index (χ1n) is 21.5. The third-order valence-corrected chi connectivity index (χ3v) is 12.3. The highest BCUT2D eigenvalue weighted by Gasteiger charge is 2.73. The van der Waals surface area contributed by atoms with E-state index in [2.05, 4.69) is 77.6 Å². The number of quaternary nitrogens is 1. The van der Waals surface area contributed by atoms with Crippen LogP contribution in [0.4, 0.5) is 15.3 Å². The van der Waals surface area contributed by atoms with E-state index in [4.69, 9.17) is 65.8 Å². The van der Waals surface area contributed by atoms with Crippen molar-refractivity contribution in [2.75, 3.05) is 53.9 Å². The van der Waals surface area contributed by atoms with Gasteiger partial charge in [0.25, 0.3) is 5.69 Å². The number of alkyl halides is 2. The Kier molecular flexibility index (Phi) is 18.6. The number of nitro groups is 1. The van der Waals surface area contributed by atoms with Gasteiger partial charge in [0.2, 0.25) is 0 Å². The fourth-order valence-electron chi connectivity index (χ4n) is 9.02. The van der Waals surface area contributed by atoms with Gasteiger partial charge in [-0.2, -0.15) is 4.79 Å². The molecule has 0 bridgehead atoms. The van der Waals surface area contributed by atoms with Gasteiger partial charge in [-0.3, -0.25) is 15.1 Å². The summed E-state index contributed by atoms with van der Waals surface area (Å²) in [4.78, 5) is 37.9. The topological polar surface area (TPSA) is 192 Å². The first-order chi connectivity index (χ1) is 29.7.